The summed E-state index contributed by atoms with van der Waals surface area (Å²) >= 11 is 0. The van der Waals surface area contributed by atoms with Gasteiger partial charge >= 0.3 is 0 Å². The highest BCUT2D eigenvalue weighted by Gasteiger charge is 2.28. The van der Waals surface area contributed by atoms with Crippen molar-refractivity contribution in [2.45, 2.75) is 45.2 Å². The van der Waals surface area contributed by atoms with Crippen molar-refractivity contribution in [2.24, 2.45) is 5.92 Å². The number of nitrogens with zero attached hydrogens (tertiary/aromatic N) is 3. The number of aryl methyl sites for hydroxylation is 1. The van der Waals surface area contributed by atoms with Crippen LogP contribution in [0.1, 0.15) is 37.3 Å². The molecule has 0 bridgehead atoms. The average molecular weight is 485 g/mol. The molecule has 3 aromatic carbocycles. The highest BCUT2D eigenvalue weighted by atomic mass is 19.1. The van der Waals surface area contributed by atoms with Crippen molar-refractivity contribution in [3.05, 3.63) is 95.8 Å². The molecule has 186 valence electrons. The number of fused-ring (bicyclic) bond motifs is 1. The Morgan fingerprint density at radius 1 is 0.972 bits per heavy atom. The standard InChI is InChI=1S/C30H33FN4O/c1-22(11-12-23-7-3-2-4-8-23)32-29(36)25-17-19-34(20-18-25)30-33-27-9-5-6-10-28(27)35(30)21-24-13-15-26(31)16-14-24/h2-10,13-16,22,25H,11-12,17-21H2,1H3,(H,32,36)/t22-/m0/s1. The SMILES string of the molecule is C[C@@H](CCc1ccccc1)NC(=O)C1CCN(c2nc3ccccc3n2Cc2ccc(F)cc2)CC1. The minimum atomic E-state index is -0.232. The molecule has 0 saturated carbocycles. The maximum atomic E-state index is 13.4. The Kier molecular flexibility index (Phi) is 7.31. The van der Waals surface area contributed by atoms with E-state index in [1.165, 1.54) is 17.7 Å². The molecule has 1 aliphatic heterocycles. The van der Waals surface area contributed by atoms with E-state index in [1.807, 2.05) is 36.4 Å². The summed E-state index contributed by atoms with van der Waals surface area (Å²) in [5, 5.41) is 3.24. The number of halogens is 1. The number of rotatable bonds is 8. The van der Waals surface area contributed by atoms with Crippen LogP contribution in [0.25, 0.3) is 11.0 Å². The fraction of sp³-hybridized carbons (Fsp3) is 0.333. The Labute approximate surface area is 212 Å². The van der Waals surface area contributed by atoms with Gasteiger partial charge in [-0.15, -0.1) is 0 Å². The summed E-state index contributed by atoms with van der Waals surface area (Å²) in [6.07, 6.45) is 3.50. The second-order valence-electron chi connectivity index (χ2n) is 9.81. The Morgan fingerprint density at radius 2 is 1.67 bits per heavy atom. The molecule has 5 rings (SSSR count). The minimum Gasteiger partial charge on any atom is -0.353 e. The van der Waals surface area contributed by atoms with Crippen molar-refractivity contribution in [1.29, 1.82) is 0 Å². The van der Waals surface area contributed by atoms with Crippen LogP contribution < -0.4 is 10.2 Å². The van der Waals surface area contributed by atoms with E-state index in [0.29, 0.717) is 6.54 Å². The zero-order chi connectivity index (χ0) is 24.9. The topological polar surface area (TPSA) is 50.2 Å². The zero-order valence-corrected chi connectivity index (χ0v) is 20.7. The van der Waals surface area contributed by atoms with Gasteiger partial charge < -0.3 is 14.8 Å². The van der Waals surface area contributed by atoms with Gasteiger partial charge in [0.15, 0.2) is 0 Å². The number of anilines is 1. The quantitative estimate of drug-likeness (QED) is 0.355. The average Bonchev–Trinajstić information content (AvgIpc) is 3.27. The molecule has 4 aromatic rings. The first-order valence-corrected chi connectivity index (χ1v) is 12.9. The van der Waals surface area contributed by atoms with Crippen molar-refractivity contribution >= 4 is 22.9 Å². The molecule has 0 spiro atoms. The largest absolute Gasteiger partial charge is 0.353 e. The van der Waals surface area contributed by atoms with Gasteiger partial charge in [0.25, 0.3) is 0 Å². The number of imidazole rings is 1. The number of benzene rings is 3. The highest BCUT2D eigenvalue weighted by Crippen LogP contribution is 2.28. The van der Waals surface area contributed by atoms with Crippen LogP contribution >= 0.6 is 0 Å². The van der Waals surface area contributed by atoms with Gasteiger partial charge in [0, 0.05) is 25.0 Å². The smallest absolute Gasteiger partial charge is 0.223 e. The van der Waals surface area contributed by atoms with Gasteiger partial charge in [-0.25, -0.2) is 9.37 Å². The maximum Gasteiger partial charge on any atom is 0.223 e. The molecule has 2 heterocycles. The van der Waals surface area contributed by atoms with Crippen molar-refractivity contribution in [1.82, 2.24) is 14.9 Å². The third kappa shape index (κ3) is 5.59. The number of carbonyl (C=O) groups excluding carboxylic acids is 1. The van der Waals surface area contributed by atoms with Crippen molar-refractivity contribution in [2.75, 3.05) is 18.0 Å². The number of nitrogens with one attached hydrogen (secondary N) is 1. The molecule has 0 radical (unpaired) electrons. The number of carbonyl (C=O) groups is 1. The first-order valence-electron chi connectivity index (χ1n) is 12.9. The van der Waals surface area contributed by atoms with Crippen LogP contribution in [0.3, 0.4) is 0 Å². The molecule has 0 aliphatic carbocycles. The summed E-state index contributed by atoms with van der Waals surface area (Å²) in [5.41, 5.74) is 4.33. The van der Waals surface area contributed by atoms with E-state index < -0.39 is 0 Å². The molecule has 1 N–H and O–H groups in total. The second-order valence-corrected chi connectivity index (χ2v) is 9.81. The number of hydrogen-bond acceptors (Lipinski definition) is 3. The molecular weight excluding hydrogens is 451 g/mol. The number of amides is 1. The third-order valence-electron chi connectivity index (χ3n) is 7.13. The number of hydrogen-bond donors (Lipinski definition) is 1. The van der Waals surface area contributed by atoms with E-state index in [9.17, 15) is 9.18 Å². The van der Waals surface area contributed by atoms with Gasteiger partial charge in [-0.2, -0.15) is 0 Å². The molecular formula is C30H33FN4O. The predicted octanol–water partition coefficient (Wildman–Crippen LogP) is 5.58. The Balaban J connectivity index is 1.22. The lowest BCUT2D eigenvalue weighted by Gasteiger charge is -2.33. The van der Waals surface area contributed by atoms with Crippen LogP contribution in [-0.4, -0.2) is 34.6 Å². The molecule has 1 amide bonds. The van der Waals surface area contributed by atoms with E-state index in [0.717, 1.165) is 61.3 Å². The summed E-state index contributed by atoms with van der Waals surface area (Å²) in [6, 6.07) is 25.3. The van der Waals surface area contributed by atoms with Crippen LogP contribution in [0.4, 0.5) is 10.3 Å². The fourth-order valence-electron chi connectivity index (χ4n) is 5.03. The number of aromatic nitrogens is 2. The van der Waals surface area contributed by atoms with E-state index in [1.54, 1.807) is 0 Å². The van der Waals surface area contributed by atoms with Crippen LogP contribution in [0, 0.1) is 11.7 Å². The monoisotopic (exact) mass is 484 g/mol. The molecule has 1 atom stereocenters. The first-order chi connectivity index (χ1) is 17.6. The molecule has 1 fully saturated rings. The van der Waals surface area contributed by atoms with Gasteiger partial charge in [-0.05, 0) is 68.0 Å². The van der Waals surface area contributed by atoms with Crippen LogP contribution in [0.15, 0.2) is 78.9 Å². The first kappa shape index (κ1) is 24.0. The lowest BCUT2D eigenvalue weighted by atomic mass is 9.95. The normalized spacial score (nSPS) is 15.2. The Hall–Kier alpha value is -3.67. The van der Waals surface area contributed by atoms with E-state index in [2.05, 4.69) is 52.0 Å². The molecule has 5 nitrogen and oxygen atoms in total. The Bertz CT molecular complexity index is 1290. The summed E-state index contributed by atoms with van der Waals surface area (Å²) in [6.45, 7) is 4.27. The molecule has 1 aromatic heterocycles. The van der Waals surface area contributed by atoms with Gasteiger partial charge in [-0.1, -0.05) is 54.6 Å². The van der Waals surface area contributed by atoms with Gasteiger partial charge in [-0.3, -0.25) is 4.79 Å². The lowest BCUT2D eigenvalue weighted by Crippen LogP contribution is -2.43. The zero-order valence-electron chi connectivity index (χ0n) is 20.7. The van der Waals surface area contributed by atoms with Crippen LogP contribution in [0.2, 0.25) is 0 Å². The minimum absolute atomic E-state index is 0.0235. The van der Waals surface area contributed by atoms with Crippen molar-refractivity contribution in [3.8, 4) is 0 Å². The van der Waals surface area contributed by atoms with E-state index in [4.69, 9.17) is 4.98 Å². The third-order valence-corrected chi connectivity index (χ3v) is 7.13. The highest BCUT2D eigenvalue weighted by molar-refractivity contribution is 5.80. The van der Waals surface area contributed by atoms with Crippen LogP contribution in [-0.2, 0) is 17.8 Å². The molecule has 6 heteroatoms. The number of piperidine rings is 1. The van der Waals surface area contributed by atoms with Gasteiger partial charge in [0.1, 0.15) is 5.82 Å². The second kappa shape index (κ2) is 10.9. The van der Waals surface area contributed by atoms with E-state index in [-0.39, 0.29) is 23.7 Å². The molecule has 36 heavy (non-hydrogen) atoms. The fourth-order valence-corrected chi connectivity index (χ4v) is 5.03. The predicted molar refractivity (Wildman–Crippen MR) is 143 cm³/mol. The summed E-state index contributed by atoms with van der Waals surface area (Å²) < 4.78 is 15.6. The molecule has 0 unspecified atom stereocenters. The lowest BCUT2D eigenvalue weighted by molar-refractivity contribution is -0.126. The summed E-state index contributed by atoms with van der Waals surface area (Å²) in [4.78, 5) is 20.2. The van der Waals surface area contributed by atoms with Crippen molar-refractivity contribution < 1.29 is 9.18 Å². The van der Waals surface area contributed by atoms with Gasteiger partial charge in [0.05, 0.1) is 17.6 Å². The molecule has 1 aliphatic rings. The number of para-hydroxylation sites is 2. The molecule has 1 saturated heterocycles. The Morgan fingerprint density at radius 3 is 2.42 bits per heavy atom. The van der Waals surface area contributed by atoms with Crippen LogP contribution in [0.5, 0.6) is 0 Å². The van der Waals surface area contributed by atoms with Crippen molar-refractivity contribution in [3.63, 3.8) is 0 Å². The summed E-state index contributed by atoms with van der Waals surface area (Å²) in [7, 11) is 0. The summed E-state index contributed by atoms with van der Waals surface area (Å²) in [5.74, 6) is 0.866. The maximum absolute atomic E-state index is 13.4. The van der Waals surface area contributed by atoms with Gasteiger partial charge in [0.2, 0.25) is 11.9 Å². The van der Waals surface area contributed by atoms with E-state index >= 15 is 0 Å².